The van der Waals surface area contributed by atoms with Crippen LogP contribution in [0.1, 0.15) is 26.7 Å². The fourth-order valence-electron chi connectivity index (χ4n) is 0.360. The van der Waals surface area contributed by atoms with E-state index in [2.05, 4.69) is 11.7 Å². The summed E-state index contributed by atoms with van der Waals surface area (Å²) in [6.07, 6.45) is 2.05. The predicted octanol–water partition coefficient (Wildman–Crippen LogP) is 1.50. The average molecular weight is 136 g/mol. The lowest BCUT2D eigenvalue weighted by atomic mass is 10.4. The van der Waals surface area contributed by atoms with Crippen LogP contribution in [0.15, 0.2) is 0 Å². The summed E-state index contributed by atoms with van der Waals surface area (Å²) >= 11 is 0. The van der Waals surface area contributed by atoms with E-state index in [1.54, 1.807) is 0 Å². The Labute approximate surface area is 54.6 Å². The smallest absolute Gasteiger partial charge is 0.302 e. The molecule has 0 heterocycles. The lowest BCUT2D eigenvalue weighted by Crippen LogP contribution is -1.99. The Hall–Kier alpha value is -0.600. The summed E-state index contributed by atoms with van der Waals surface area (Å²) in [5.74, 6) is -0.182. The number of carbonyl (C=O) groups excluding carboxylic acids is 1. The molecular weight excluding hydrogens is 123 g/mol. The minimum atomic E-state index is -0.182. The maximum atomic E-state index is 10.1. The molecule has 0 aliphatic carbocycles. The number of unbranched alkanes of at least 4 members (excludes halogenated alkanes) is 1. The minimum absolute atomic E-state index is 0. The van der Waals surface area contributed by atoms with E-state index in [4.69, 9.17) is 0 Å². The summed E-state index contributed by atoms with van der Waals surface area (Å²) < 4.78 is 4.64. The van der Waals surface area contributed by atoms with Crippen LogP contribution in [0.5, 0.6) is 0 Å². The Bertz CT molecular complexity index is 73.5. The molecule has 0 spiro atoms. The van der Waals surface area contributed by atoms with Crippen molar-refractivity contribution in [3.8, 4) is 0 Å². The maximum absolute atomic E-state index is 10.1. The average Bonchev–Trinajstić information content (AvgIpc) is 1.66. The summed E-state index contributed by atoms with van der Waals surface area (Å²) in [7, 11) is 0. The van der Waals surface area contributed by atoms with Crippen molar-refractivity contribution in [2.45, 2.75) is 26.7 Å². The van der Waals surface area contributed by atoms with Gasteiger partial charge in [-0.25, -0.2) is 0 Å². The molecule has 2 nitrogen and oxygen atoms in total. The second-order valence-electron chi connectivity index (χ2n) is 1.69. The highest BCUT2D eigenvalue weighted by Crippen LogP contribution is 1.86. The topological polar surface area (TPSA) is 26.3 Å². The van der Waals surface area contributed by atoms with Crippen molar-refractivity contribution in [1.29, 1.82) is 0 Å². The van der Waals surface area contributed by atoms with E-state index in [9.17, 15) is 4.79 Å². The number of halogens is 1. The molecule has 0 bridgehead atoms. The van der Waals surface area contributed by atoms with E-state index in [-0.39, 0.29) is 10.7 Å². The zero-order valence-corrected chi connectivity index (χ0v) is 5.85. The highest BCUT2D eigenvalue weighted by Gasteiger charge is 1.88. The Morgan fingerprint density at radius 1 is 1.56 bits per heavy atom. The van der Waals surface area contributed by atoms with Gasteiger partial charge < -0.3 is 4.74 Å². The Kier molecular flexibility index (Phi) is 9.23. The van der Waals surface area contributed by atoms with Gasteiger partial charge in [0.15, 0.2) is 0 Å². The van der Waals surface area contributed by atoms with Gasteiger partial charge in [-0.3, -0.25) is 9.50 Å². The third kappa shape index (κ3) is 11.1. The number of hydrogen-bond acceptors (Lipinski definition) is 2. The van der Waals surface area contributed by atoms with Gasteiger partial charge in [0.1, 0.15) is 0 Å². The maximum Gasteiger partial charge on any atom is 0.302 e. The molecule has 56 valence electrons. The first-order valence-electron chi connectivity index (χ1n) is 2.90. The van der Waals surface area contributed by atoms with Crippen molar-refractivity contribution in [3.05, 3.63) is 0 Å². The van der Waals surface area contributed by atoms with Crippen LogP contribution in [-0.4, -0.2) is 12.6 Å². The van der Waals surface area contributed by atoms with E-state index in [0.717, 1.165) is 12.8 Å². The van der Waals surface area contributed by atoms with Crippen LogP contribution >= 0.6 is 0 Å². The van der Waals surface area contributed by atoms with E-state index in [1.165, 1.54) is 6.92 Å². The normalized spacial score (nSPS) is 7.78. The molecule has 0 rings (SSSR count). The van der Waals surface area contributed by atoms with Gasteiger partial charge in [0.2, 0.25) is 0 Å². The van der Waals surface area contributed by atoms with Gasteiger partial charge in [0.05, 0.1) is 6.61 Å². The first-order chi connectivity index (χ1) is 3.77. The Morgan fingerprint density at radius 2 is 2.11 bits per heavy atom. The molecule has 0 N–H and O–H groups in total. The van der Waals surface area contributed by atoms with Gasteiger partial charge in [-0.2, -0.15) is 0 Å². The molecule has 0 unspecified atom stereocenters. The van der Waals surface area contributed by atoms with Crippen LogP contribution in [0.3, 0.4) is 0 Å². The number of ether oxygens (including phenoxy) is 1. The van der Waals surface area contributed by atoms with E-state index in [1.807, 2.05) is 0 Å². The minimum Gasteiger partial charge on any atom is -0.466 e. The molecule has 0 aromatic heterocycles. The van der Waals surface area contributed by atoms with Crippen molar-refractivity contribution >= 4 is 5.97 Å². The first kappa shape index (κ1) is 11.2. The highest BCUT2D eigenvalue weighted by atomic mass is 19.0. The summed E-state index contributed by atoms with van der Waals surface area (Å²) in [4.78, 5) is 10.1. The van der Waals surface area contributed by atoms with Crippen molar-refractivity contribution in [2.24, 2.45) is 0 Å². The van der Waals surface area contributed by atoms with Crippen molar-refractivity contribution in [2.75, 3.05) is 6.61 Å². The van der Waals surface area contributed by atoms with E-state index < -0.39 is 0 Å². The fraction of sp³-hybridized carbons (Fsp3) is 0.833. The predicted molar refractivity (Wildman–Crippen MR) is 34.0 cm³/mol. The van der Waals surface area contributed by atoms with Crippen molar-refractivity contribution in [3.63, 3.8) is 0 Å². The molecule has 0 saturated carbocycles. The fourth-order valence-corrected chi connectivity index (χ4v) is 0.360. The third-order valence-electron chi connectivity index (χ3n) is 0.803. The number of hydrogen-bond donors (Lipinski definition) is 0. The second kappa shape index (κ2) is 7.40. The third-order valence-corrected chi connectivity index (χ3v) is 0.803. The van der Waals surface area contributed by atoms with Crippen molar-refractivity contribution in [1.82, 2.24) is 0 Å². The van der Waals surface area contributed by atoms with Crippen LogP contribution in [0.4, 0.5) is 4.70 Å². The quantitative estimate of drug-likeness (QED) is 0.434. The molecule has 0 aliphatic heterocycles. The molecular formula is C6H13FO2. The standard InChI is InChI=1S/C6H12O2.FH/c1-3-4-5-8-6(2)7;/h3-5H2,1-2H3;1H. The first-order valence-corrected chi connectivity index (χ1v) is 2.90. The van der Waals surface area contributed by atoms with Gasteiger partial charge in [-0.1, -0.05) is 13.3 Å². The Balaban J connectivity index is 0. The van der Waals surface area contributed by atoms with Gasteiger partial charge in [0.25, 0.3) is 0 Å². The van der Waals surface area contributed by atoms with Crippen LogP contribution in [0, 0.1) is 0 Å². The number of rotatable bonds is 3. The molecule has 0 saturated heterocycles. The molecule has 0 radical (unpaired) electrons. The van der Waals surface area contributed by atoms with E-state index in [0.29, 0.717) is 6.61 Å². The summed E-state index contributed by atoms with van der Waals surface area (Å²) in [5.41, 5.74) is 0. The lowest BCUT2D eigenvalue weighted by Gasteiger charge is -1.96. The van der Waals surface area contributed by atoms with Crippen LogP contribution in [0.25, 0.3) is 0 Å². The van der Waals surface area contributed by atoms with Gasteiger partial charge in [0, 0.05) is 6.92 Å². The number of esters is 1. The summed E-state index contributed by atoms with van der Waals surface area (Å²) in [5, 5.41) is 0. The van der Waals surface area contributed by atoms with Crippen molar-refractivity contribution < 1.29 is 14.2 Å². The number of carbonyl (C=O) groups is 1. The second-order valence-corrected chi connectivity index (χ2v) is 1.69. The molecule has 0 atom stereocenters. The molecule has 9 heavy (non-hydrogen) atoms. The van der Waals surface area contributed by atoms with Crippen LogP contribution < -0.4 is 0 Å². The zero-order chi connectivity index (χ0) is 6.41. The molecule has 0 amide bonds. The molecule has 3 heteroatoms. The van der Waals surface area contributed by atoms with E-state index >= 15 is 0 Å². The van der Waals surface area contributed by atoms with Gasteiger partial charge in [-0.05, 0) is 6.42 Å². The summed E-state index contributed by atoms with van der Waals surface area (Å²) in [6, 6.07) is 0. The SMILES string of the molecule is CCCCOC(C)=O.F. The van der Waals surface area contributed by atoms with Gasteiger partial charge in [-0.15, -0.1) is 0 Å². The monoisotopic (exact) mass is 136 g/mol. The highest BCUT2D eigenvalue weighted by molar-refractivity contribution is 5.65. The molecule has 0 aromatic carbocycles. The van der Waals surface area contributed by atoms with Crippen LogP contribution in [0.2, 0.25) is 0 Å². The zero-order valence-electron chi connectivity index (χ0n) is 5.85. The van der Waals surface area contributed by atoms with Gasteiger partial charge >= 0.3 is 5.97 Å². The Morgan fingerprint density at radius 3 is 2.44 bits per heavy atom. The summed E-state index contributed by atoms with van der Waals surface area (Å²) in [6.45, 7) is 4.06. The molecule has 0 fully saturated rings. The molecule has 0 aliphatic rings. The lowest BCUT2D eigenvalue weighted by molar-refractivity contribution is -0.141. The molecule has 0 aromatic rings. The largest absolute Gasteiger partial charge is 0.466 e. The van der Waals surface area contributed by atoms with Crippen LogP contribution in [-0.2, 0) is 9.53 Å².